The Morgan fingerprint density at radius 3 is 3.06 bits per heavy atom. The normalized spacial score (nSPS) is 11.6. The van der Waals surface area contributed by atoms with Crippen LogP contribution in [0.25, 0.3) is 0 Å². The molecule has 0 saturated heterocycles. The van der Waals surface area contributed by atoms with Crippen molar-refractivity contribution >= 4 is 21.9 Å². The summed E-state index contributed by atoms with van der Waals surface area (Å²) in [6.07, 6.45) is 0.931. The number of nitrogens with zero attached hydrogens (tertiary/aromatic N) is 1. The highest BCUT2D eigenvalue weighted by Crippen LogP contribution is 2.12. The van der Waals surface area contributed by atoms with Crippen molar-refractivity contribution in [2.24, 2.45) is 10.7 Å². The standard InChI is InChI=1S/C13H20BrN3O/c1-2-18-8-4-7-16-13(15)17-10-11-5-3-6-12(14)9-11/h3,5-6,9H,2,4,7-8,10H2,1H3,(H3,15,16,17). The van der Waals surface area contributed by atoms with Crippen molar-refractivity contribution in [3.63, 3.8) is 0 Å². The van der Waals surface area contributed by atoms with Crippen molar-refractivity contribution < 1.29 is 4.74 Å². The minimum absolute atomic E-state index is 0.478. The van der Waals surface area contributed by atoms with Crippen molar-refractivity contribution in [2.75, 3.05) is 19.8 Å². The maximum absolute atomic E-state index is 5.76. The highest BCUT2D eigenvalue weighted by Gasteiger charge is 1.94. The van der Waals surface area contributed by atoms with E-state index in [1.54, 1.807) is 0 Å². The summed E-state index contributed by atoms with van der Waals surface area (Å²) in [5, 5.41) is 3.06. The smallest absolute Gasteiger partial charge is 0.188 e. The molecule has 0 unspecified atom stereocenters. The Balaban J connectivity index is 2.25. The summed E-state index contributed by atoms with van der Waals surface area (Å²) in [4.78, 5) is 4.27. The predicted octanol–water partition coefficient (Wildman–Crippen LogP) is 2.28. The number of rotatable bonds is 7. The molecule has 0 aliphatic carbocycles. The third-order valence-corrected chi connectivity index (χ3v) is 2.79. The zero-order valence-corrected chi connectivity index (χ0v) is 12.2. The zero-order chi connectivity index (χ0) is 13.2. The van der Waals surface area contributed by atoms with E-state index in [1.165, 1.54) is 0 Å². The highest BCUT2D eigenvalue weighted by atomic mass is 79.9. The van der Waals surface area contributed by atoms with E-state index in [4.69, 9.17) is 10.5 Å². The van der Waals surface area contributed by atoms with Crippen LogP contribution in [-0.2, 0) is 11.3 Å². The van der Waals surface area contributed by atoms with Crippen molar-refractivity contribution in [3.8, 4) is 0 Å². The number of aliphatic imine (C=N–C) groups is 1. The van der Waals surface area contributed by atoms with Crippen LogP contribution >= 0.6 is 15.9 Å². The molecule has 0 saturated carbocycles. The monoisotopic (exact) mass is 313 g/mol. The average molecular weight is 314 g/mol. The van der Waals surface area contributed by atoms with Crippen LogP contribution in [0.3, 0.4) is 0 Å². The van der Waals surface area contributed by atoms with Gasteiger partial charge in [0.05, 0.1) is 6.54 Å². The lowest BCUT2D eigenvalue weighted by Gasteiger charge is -2.05. The van der Waals surface area contributed by atoms with E-state index < -0.39 is 0 Å². The van der Waals surface area contributed by atoms with Gasteiger partial charge in [0.1, 0.15) is 0 Å². The number of ether oxygens (including phenoxy) is 1. The maximum Gasteiger partial charge on any atom is 0.188 e. The lowest BCUT2D eigenvalue weighted by atomic mass is 10.2. The molecule has 0 aliphatic heterocycles. The molecule has 1 rings (SSSR count). The highest BCUT2D eigenvalue weighted by molar-refractivity contribution is 9.10. The second kappa shape index (κ2) is 8.94. The van der Waals surface area contributed by atoms with Crippen LogP contribution in [0.5, 0.6) is 0 Å². The molecule has 0 heterocycles. The fraction of sp³-hybridized carbons (Fsp3) is 0.462. The summed E-state index contributed by atoms with van der Waals surface area (Å²) in [6, 6.07) is 8.03. The van der Waals surface area contributed by atoms with E-state index in [2.05, 4.69) is 26.2 Å². The number of hydrogen-bond acceptors (Lipinski definition) is 2. The van der Waals surface area contributed by atoms with Crippen LogP contribution in [0.1, 0.15) is 18.9 Å². The minimum Gasteiger partial charge on any atom is -0.382 e. The summed E-state index contributed by atoms with van der Waals surface area (Å²) >= 11 is 3.43. The first-order valence-electron chi connectivity index (χ1n) is 6.08. The van der Waals surface area contributed by atoms with Crippen molar-refractivity contribution in [1.82, 2.24) is 5.32 Å². The molecule has 1 aromatic carbocycles. The first-order chi connectivity index (χ1) is 8.72. The second-order valence-corrected chi connectivity index (χ2v) is 4.72. The van der Waals surface area contributed by atoms with Gasteiger partial charge < -0.3 is 15.8 Å². The summed E-state index contributed by atoms with van der Waals surface area (Å²) in [5.41, 5.74) is 6.89. The Labute approximate surface area is 117 Å². The number of nitrogens with two attached hydrogens (primary N) is 1. The lowest BCUT2D eigenvalue weighted by molar-refractivity contribution is 0.145. The van der Waals surface area contributed by atoms with Gasteiger partial charge in [-0.3, -0.25) is 0 Å². The molecule has 0 amide bonds. The van der Waals surface area contributed by atoms with Gasteiger partial charge in [-0.1, -0.05) is 28.1 Å². The zero-order valence-electron chi connectivity index (χ0n) is 10.7. The SMILES string of the molecule is CCOCCCNC(N)=NCc1cccc(Br)c1. The molecule has 5 heteroatoms. The fourth-order valence-electron chi connectivity index (χ4n) is 1.40. The van der Waals surface area contributed by atoms with Gasteiger partial charge in [-0.2, -0.15) is 0 Å². The molecule has 100 valence electrons. The molecule has 3 N–H and O–H groups in total. The second-order valence-electron chi connectivity index (χ2n) is 3.81. The summed E-state index contributed by atoms with van der Waals surface area (Å²) in [7, 11) is 0. The number of halogens is 1. The fourth-order valence-corrected chi connectivity index (χ4v) is 1.85. The first-order valence-corrected chi connectivity index (χ1v) is 6.87. The molecule has 4 nitrogen and oxygen atoms in total. The number of nitrogens with one attached hydrogen (secondary N) is 1. The number of hydrogen-bond donors (Lipinski definition) is 2. The van der Waals surface area contributed by atoms with Crippen molar-refractivity contribution in [2.45, 2.75) is 19.9 Å². The van der Waals surface area contributed by atoms with E-state index in [0.717, 1.165) is 36.2 Å². The van der Waals surface area contributed by atoms with Gasteiger partial charge in [-0.05, 0) is 31.0 Å². The molecule has 1 aromatic rings. The first kappa shape index (κ1) is 15.0. The van der Waals surface area contributed by atoms with Crippen LogP contribution < -0.4 is 11.1 Å². The van der Waals surface area contributed by atoms with Crippen LogP contribution in [-0.4, -0.2) is 25.7 Å². The van der Waals surface area contributed by atoms with Crippen LogP contribution in [0.2, 0.25) is 0 Å². The van der Waals surface area contributed by atoms with Crippen molar-refractivity contribution in [1.29, 1.82) is 0 Å². The Bertz CT molecular complexity index is 382. The summed E-state index contributed by atoms with van der Waals surface area (Å²) < 4.78 is 6.29. The molecule has 0 atom stereocenters. The van der Waals surface area contributed by atoms with Crippen molar-refractivity contribution in [3.05, 3.63) is 34.3 Å². The Hall–Kier alpha value is -1.07. The molecule has 18 heavy (non-hydrogen) atoms. The molecular formula is C13H20BrN3O. The van der Waals surface area contributed by atoms with Gasteiger partial charge in [-0.15, -0.1) is 0 Å². The molecule has 0 bridgehead atoms. The molecule has 0 aromatic heterocycles. The van der Waals surface area contributed by atoms with E-state index in [0.29, 0.717) is 12.5 Å². The molecule has 0 radical (unpaired) electrons. The third-order valence-electron chi connectivity index (χ3n) is 2.30. The Kier molecular flexibility index (Phi) is 7.44. The van der Waals surface area contributed by atoms with Gasteiger partial charge in [0.2, 0.25) is 0 Å². The number of benzene rings is 1. The van der Waals surface area contributed by atoms with Gasteiger partial charge >= 0.3 is 0 Å². The van der Waals surface area contributed by atoms with Gasteiger partial charge in [-0.25, -0.2) is 4.99 Å². The van der Waals surface area contributed by atoms with Gasteiger partial charge in [0.25, 0.3) is 0 Å². The minimum atomic E-state index is 0.478. The topological polar surface area (TPSA) is 59.6 Å². The van der Waals surface area contributed by atoms with Crippen LogP contribution in [0.4, 0.5) is 0 Å². The van der Waals surface area contributed by atoms with Crippen LogP contribution in [0, 0.1) is 0 Å². The predicted molar refractivity (Wildman–Crippen MR) is 78.6 cm³/mol. The molecule has 0 fully saturated rings. The molecule has 0 spiro atoms. The lowest BCUT2D eigenvalue weighted by Crippen LogP contribution is -2.32. The van der Waals surface area contributed by atoms with Gasteiger partial charge in [0.15, 0.2) is 5.96 Å². The Morgan fingerprint density at radius 1 is 1.50 bits per heavy atom. The number of guanidine groups is 1. The van der Waals surface area contributed by atoms with Gasteiger partial charge in [0, 0.05) is 24.2 Å². The maximum atomic E-state index is 5.76. The molecular weight excluding hydrogens is 294 g/mol. The molecule has 0 aliphatic rings. The van der Waals surface area contributed by atoms with E-state index >= 15 is 0 Å². The summed E-state index contributed by atoms with van der Waals surface area (Å²) in [6.45, 7) is 4.87. The third kappa shape index (κ3) is 6.61. The van der Waals surface area contributed by atoms with E-state index in [-0.39, 0.29) is 0 Å². The van der Waals surface area contributed by atoms with E-state index in [9.17, 15) is 0 Å². The van der Waals surface area contributed by atoms with Crippen LogP contribution in [0.15, 0.2) is 33.7 Å². The average Bonchev–Trinajstić information content (AvgIpc) is 2.36. The largest absolute Gasteiger partial charge is 0.382 e. The summed E-state index contributed by atoms with van der Waals surface area (Å²) in [5.74, 6) is 0.478. The quantitative estimate of drug-likeness (QED) is 0.461. The van der Waals surface area contributed by atoms with E-state index in [1.807, 2.05) is 31.2 Å². The Morgan fingerprint density at radius 2 is 2.33 bits per heavy atom.